The molecule has 3 amide bonds. The number of carbonyl (C=O) groups excluding carboxylic acids is 2. The monoisotopic (exact) mass is 446 g/mol. The number of dihydropyridines is 1. The molecule has 0 bridgehead atoms. The zero-order valence-electron chi connectivity index (χ0n) is 16.0. The molecule has 158 valence electrons. The second-order valence-electron chi connectivity index (χ2n) is 7.10. The van der Waals surface area contributed by atoms with Gasteiger partial charge >= 0.3 is 18.1 Å². The highest BCUT2D eigenvalue weighted by molar-refractivity contribution is 6.30. The lowest BCUT2D eigenvalue weighted by molar-refractivity contribution is -0.455. The molecule has 4 rings (SSSR count). The summed E-state index contributed by atoms with van der Waals surface area (Å²) in [5.41, 5.74) is 0.506. The number of alkyl halides is 3. The molecule has 0 aliphatic carbocycles. The Hall–Kier alpha value is -3.26. The Morgan fingerprint density at radius 1 is 1.06 bits per heavy atom. The fraction of sp³-hybridized carbons (Fsp3) is 0.182. The number of nitrogens with zero attached hydrogens (tertiary/aromatic N) is 3. The number of imide groups is 1. The van der Waals surface area contributed by atoms with E-state index in [1.807, 2.05) is 0 Å². The quantitative estimate of drug-likeness (QED) is 0.650. The number of hydrogen-bond donors (Lipinski definition) is 0. The first-order chi connectivity index (χ1) is 14.7. The molecule has 2 heterocycles. The summed E-state index contributed by atoms with van der Waals surface area (Å²) in [6, 6.07) is 9.91. The maximum Gasteiger partial charge on any atom is 0.501 e. The van der Waals surface area contributed by atoms with Gasteiger partial charge in [-0.15, -0.1) is 0 Å². The molecule has 31 heavy (non-hydrogen) atoms. The van der Waals surface area contributed by atoms with Crippen LogP contribution in [-0.4, -0.2) is 39.4 Å². The van der Waals surface area contributed by atoms with E-state index in [0.717, 1.165) is 17.0 Å². The van der Waals surface area contributed by atoms with Gasteiger partial charge in [-0.1, -0.05) is 35.9 Å². The lowest BCUT2D eigenvalue weighted by Crippen LogP contribution is -2.56. The van der Waals surface area contributed by atoms with Crippen LogP contribution in [0.3, 0.4) is 0 Å². The summed E-state index contributed by atoms with van der Waals surface area (Å²) < 4.78 is 40.6. The lowest BCUT2D eigenvalue weighted by atomic mass is 10.0. The van der Waals surface area contributed by atoms with Gasteiger partial charge in [0.15, 0.2) is 0 Å². The molecule has 0 radical (unpaired) electrons. The van der Waals surface area contributed by atoms with Crippen molar-refractivity contribution in [2.75, 3.05) is 0 Å². The standard InChI is InChI=1S/C22H16ClF3N3O2/c23-17-8-6-14(7-9-17)12-29-20(30)19-18(5-2-10-27-19)28(21(29)31)13-15-3-1-4-16(11-15)22(24,25)26/h1-11,19H,12-13H2/q+1. The molecule has 1 atom stereocenters. The average molecular weight is 447 g/mol. The summed E-state index contributed by atoms with van der Waals surface area (Å²) >= 11 is 5.90. The van der Waals surface area contributed by atoms with Crippen LogP contribution in [0.25, 0.3) is 0 Å². The fourth-order valence-electron chi connectivity index (χ4n) is 3.48. The SMILES string of the molecule is O=C1C2N=CC=CC2=[N+](Cc2cccc(C(F)(F)F)c2)C(=O)N1Cc1ccc(Cl)cc1. The third-order valence-electron chi connectivity index (χ3n) is 4.99. The molecule has 0 aromatic heterocycles. The summed E-state index contributed by atoms with van der Waals surface area (Å²) in [4.78, 5) is 31.4. The second kappa shape index (κ2) is 8.11. The van der Waals surface area contributed by atoms with Gasteiger partial charge in [-0.05, 0) is 47.5 Å². The molecular formula is C22H16ClF3N3O2+. The summed E-state index contributed by atoms with van der Waals surface area (Å²) in [6.07, 6.45) is 0.134. The van der Waals surface area contributed by atoms with Crippen molar-refractivity contribution >= 4 is 35.5 Å². The molecular weight excluding hydrogens is 431 g/mol. The summed E-state index contributed by atoms with van der Waals surface area (Å²) in [7, 11) is 0. The average Bonchev–Trinajstić information content (AvgIpc) is 2.75. The first-order valence-corrected chi connectivity index (χ1v) is 9.72. The Bertz CT molecular complexity index is 1140. The maximum atomic E-state index is 13.2. The van der Waals surface area contributed by atoms with Crippen LogP contribution in [-0.2, 0) is 24.1 Å². The molecule has 5 nitrogen and oxygen atoms in total. The van der Waals surface area contributed by atoms with E-state index in [-0.39, 0.29) is 18.7 Å². The van der Waals surface area contributed by atoms with E-state index in [0.29, 0.717) is 16.3 Å². The van der Waals surface area contributed by atoms with Crippen molar-refractivity contribution in [3.05, 3.63) is 82.4 Å². The minimum absolute atomic E-state index is 0.00304. The minimum atomic E-state index is -4.50. The van der Waals surface area contributed by atoms with Crippen molar-refractivity contribution in [1.29, 1.82) is 0 Å². The molecule has 0 N–H and O–H groups in total. The number of halogens is 4. The van der Waals surface area contributed by atoms with Crippen molar-refractivity contribution in [3.8, 4) is 0 Å². The highest BCUT2D eigenvalue weighted by atomic mass is 35.5. The van der Waals surface area contributed by atoms with E-state index in [1.54, 1.807) is 36.4 Å². The predicted octanol–water partition coefficient (Wildman–Crippen LogP) is 4.48. The van der Waals surface area contributed by atoms with Crippen LogP contribution < -0.4 is 0 Å². The topological polar surface area (TPSA) is 52.8 Å². The van der Waals surface area contributed by atoms with Gasteiger partial charge in [0.1, 0.15) is 18.8 Å². The van der Waals surface area contributed by atoms with Crippen LogP contribution in [0.4, 0.5) is 18.0 Å². The molecule has 2 aliphatic heterocycles. The minimum Gasteiger partial charge on any atom is -0.269 e. The number of carbonyl (C=O) groups is 2. The van der Waals surface area contributed by atoms with Gasteiger partial charge in [-0.3, -0.25) is 4.99 Å². The fourth-order valence-corrected chi connectivity index (χ4v) is 3.60. The van der Waals surface area contributed by atoms with E-state index >= 15 is 0 Å². The Morgan fingerprint density at radius 2 is 1.81 bits per heavy atom. The van der Waals surface area contributed by atoms with E-state index < -0.39 is 29.7 Å². The van der Waals surface area contributed by atoms with Crippen LogP contribution >= 0.6 is 11.6 Å². The third kappa shape index (κ3) is 4.29. The molecule has 2 aromatic rings. The van der Waals surface area contributed by atoms with E-state index in [1.165, 1.54) is 22.9 Å². The lowest BCUT2D eigenvalue weighted by Gasteiger charge is -2.26. The molecule has 2 aromatic carbocycles. The first kappa shape index (κ1) is 21.0. The highest BCUT2D eigenvalue weighted by Gasteiger charge is 2.47. The highest BCUT2D eigenvalue weighted by Crippen LogP contribution is 2.30. The van der Waals surface area contributed by atoms with Crippen LogP contribution in [0.2, 0.25) is 5.02 Å². The smallest absolute Gasteiger partial charge is 0.269 e. The van der Waals surface area contributed by atoms with E-state index in [4.69, 9.17) is 11.6 Å². The van der Waals surface area contributed by atoms with Gasteiger partial charge in [-0.25, -0.2) is 4.79 Å². The van der Waals surface area contributed by atoms with Crippen LogP contribution in [0.1, 0.15) is 16.7 Å². The van der Waals surface area contributed by atoms with Crippen molar-refractivity contribution in [2.24, 2.45) is 4.99 Å². The van der Waals surface area contributed by atoms with Gasteiger partial charge in [0, 0.05) is 11.2 Å². The van der Waals surface area contributed by atoms with Gasteiger partial charge < -0.3 is 0 Å². The number of benzene rings is 2. The van der Waals surface area contributed by atoms with Gasteiger partial charge in [-0.2, -0.15) is 27.4 Å². The zero-order valence-corrected chi connectivity index (χ0v) is 16.8. The van der Waals surface area contributed by atoms with Crippen molar-refractivity contribution in [2.45, 2.75) is 25.3 Å². The number of aliphatic imine (C=N–C) groups is 1. The van der Waals surface area contributed by atoms with Crippen molar-refractivity contribution < 1.29 is 27.3 Å². The number of amides is 3. The largest absolute Gasteiger partial charge is 0.501 e. The molecule has 2 aliphatic rings. The normalized spacial score (nSPS) is 18.6. The van der Waals surface area contributed by atoms with Crippen molar-refractivity contribution in [3.63, 3.8) is 0 Å². The molecule has 0 saturated carbocycles. The Morgan fingerprint density at radius 3 is 2.52 bits per heavy atom. The van der Waals surface area contributed by atoms with Crippen molar-refractivity contribution in [1.82, 2.24) is 4.90 Å². The molecule has 9 heteroatoms. The number of fused-ring (bicyclic) bond motifs is 1. The Kier molecular flexibility index (Phi) is 5.49. The summed E-state index contributed by atoms with van der Waals surface area (Å²) in [6.45, 7) is -0.129. The van der Waals surface area contributed by atoms with Gasteiger partial charge in [0.05, 0.1) is 5.56 Å². The number of allylic oxidation sites excluding steroid dienone is 1. The number of urea groups is 1. The number of rotatable bonds is 4. The molecule has 0 spiro atoms. The maximum absolute atomic E-state index is 13.2. The van der Waals surface area contributed by atoms with Crippen LogP contribution in [0, 0.1) is 0 Å². The summed E-state index contributed by atoms with van der Waals surface area (Å²) in [5.74, 6) is -0.490. The Labute approximate surface area is 180 Å². The predicted molar refractivity (Wildman–Crippen MR) is 109 cm³/mol. The van der Waals surface area contributed by atoms with Crippen LogP contribution in [0.5, 0.6) is 0 Å². The third-order valence-corrected chi connectivity index (χ3v) is 5.24. The van der Waals surface area contributed by atoms with E-state index in [9.17, 15) is 22.8 Å². The molecule has 0 fully saturated rings. The summed E-state index contributed by atoms with van der Waals surface area (Å²) in [5, 5.41) is 0.517. The number of hydrogen-bond acceptors (Lipinski definition) is 3. The first-order valence-electron chi connectivity index (χ1n) is 9.34. The van der Waals surface area contributed by atoms with Crippen LogP contribution in [0.15, 0.2) is 65.7 Å². The molecule has 0 saturated heterocycles. The Balaban J connectivity index is 1.70. The second-order valence-corrected chi connectivity index (χ2v) is 7.54. The van der Waals surface area contributed by atoms with Gasteiger partial charge in [0.2, 0.25) is 6.04 Å². The zero-order chi connectivity index (χ0) is 22.2. The van der Waals surface area contributed by atoms with E-state index in [2.05, 4.69) is 4.99 Å². The molecule has 1 unspecified atom stereocenters. The van der Waals surface area contributed by atoms with Gasteiger partial charge in [0.25, 0.3) is 0 Å².